The highest BCUT2D eigenvalue weighted by atomic mass is 16.2. The minimum atomic E-state index is 0.134. The van der Waals surface area contributed by atoms with Gasteiger partial charge in [0.15, 0.2) is 0 Å². The Balaban J connectivity index is 3.60. The molecular weight excluding hydrogens is 112 g/mol. The molecule has 0 aromatic carbocycles. The molecule has 0 radical (unpaired) electrons. The van der Waals surface area contributed by atoms with E-state index in [1.54, 1.807) is 6.08 Å². The van der Waals surface area contributed by atoms with E-state index in [0.29, 0.717) is 0 Å². The molecular formula is C8H14O. The first-order valence-electron chi connectivity index (χ1n) is 3.25. The summed E-state index contributed by atoms with van der Waals surface area (Å²) in [7, 11) is 0. The molecule has 0 heterocycles. The minimum Gasteiger partial charge on any atom is -0.392 e. The fraction of sp³-hybridized carbons (Fsp3) is 0.500. The van der Waals surface area contributed by atoms with Crippen molar-refractivity contribution in [3.05, 3.63) is 23.8 Å². The van der Waals surface area contributed by atoms with Crippen LogP contribution in [0, 0.1) is 0 Å². The maximum absolute atomic E-state index is 8.37. The van der Waals surface area contributed by atoms with Gasteiger partial charge < -0.3 is 5.11 Å². The maximum atomic E-state index is 8.37. The molecule has 0 aromatic heterocycles. The van der Waals surface area contributed by atoms with Crippen LogP contribution in [0.5, 0.6) is 0 Å². The molecule has 1 heteroatoms. The Kier molecular flexibility index (Phi) is 5.23. The lowest BCUT2D eigenvalue weighted by Gasteiger charge is -1.87. The summed E-state index contributed by atoms with van der Waals surface area (Å²) in [5.74, 6) is 0. The van der Waals surface area contributed by atoms with E-state index in [0.717, 1.165) is 6.42 Å². The van der Waals surface area contributed by atoms with Crippen molar-refractivity contribution < 1.29 is 5.11 Å². The summed E-state index contributed by atoms with van der Waals surface area (Å²) in [6.45, 7) is 4.25. The van der Waals surface area contributed by atoms with Gasteiger partial charge in [-0.05, 0) is 13.3 Å². The molecule has 0 aliphatic heterocycles. The van der Waals surface area contributed by atoms with Crippen molar-refractivity contribution in [2.75, 3.05) is 6.61 Å². The van der Waals surface area contributed by atoms with Crippen molar-refractivity contribution >= 4 is 0 Å². The van der Waals surface area contributed by atoms with Gasteiger partial charge in [-0.3, -0.25) is 0 Å². The Hall–Kier alpha value is -0.560. The second-order valence-electron chi connectivity index (χ2n) is 1.94. The van der Waals surface area contributed by atoms with Crippen LogP contribution < -0.4 is 0 Å². The summed E-state index contributed by atoms with van der Waals surface area (Å²) < 4.78 is 0. The van der Waals surface area contributed by atoms with Crippen LogP contribution >= 0.6 is 0 Å². The molecule has 1 nitrogen and oxygen atoms in total. The summed E-state index contributed by atoms with van der Waals surface area (Å²) in [5.41, 5.74) is 1.21. The van der Waals surface area contributed by atoms with Gasteiger partial charge >= 0.3 is 0 Å². The molecule has 52 valence electrons. The summed E-state index contributed by atoms with van der Waals surface area (Å²) >= 11 is 0. The largest absolute Gasteiger partial charge is 0.392 e. The first kappa shape index (κ1) is 8.44. The Morgan fingerprint density at radius 3 is 2.67 bits per heavy atom. The molecule has 0 rings (SSSR count). The van der Waals surface area contributed by atoms with Crippen LogP contribution in [0.2, 0.25) is 0 Å². The minimum absolute atomic E-state index is 0.134. The van der Waals surface area contributed by atoms with E-state index < -0.39 is 0 Å². The van der Waals surface area contributed by atoms with Gasteiger partial charge in [0.25, 0.3) is 0 Å². The summed E-state index contributed by atoms with van der Waals surface area (Å²) in [6.07, 6.45) is 6.83. The molecule has 0 spiro atoms. The zero-order valence-corrected chi connectivity index (χ0v) is 6.09. The normalized spacial score (nSPS) is 13.0. The molecule has 0 aliphatic carbocycles. The summed E-state index contributed by atoms with van der Waals surface area (Å²) in [6, 6.07) is 0. The number of hydrogen-bond donors (Lipinski definition) is 1. The average molecular weight is 126 g/mol. The zero-order chi connectivity index (χ0) is 7.11. The van der Waals surface area contributed by atoms with Gasteiger partial charge in [0.1, 0.15) is 0 Å². The smallest absolute Gasteiger partial charge is 0.0615 e. The highest BCUT2D eigenvalue weighted by molar-refractivity contribution is 5.15. The molecule has 0 fully saturated rings. The average Bonchev–Trinajstić information content (AvgIpc) is 1.85. The number of hydrogen-bond acceptors (Lipinski definition) is 1. The molecule has 0 saturated carbocycles. The predicted octanol–water partition coefficient (Wildman–Crippen LogP) is 1.89. The second-order valence-corrected chi connectivity index (χ2v) is 1.94. The molecule has 0 aliphatic rings. The Morgan fingerprint density at radius 1 is 1.56 bits per heavy atom. The van der Waals surface area contributed by atoms with Crippen LogP contribution in [-0.4, -0.2) is 11.7 Å². The van der Waals surface area contributed by atoms with E-state index in [9.17, 15) is 0 Å². The molecule has 0 bridgehead atoms. The number of aliphatic hydroxyl groups is 1. The van der Waals surface area contributed by atoms with E-state index in [1.165, 1.54) is 5.57 Å². The third-order valence-electron chi connectivity index (χ3n) is 1.01. The van der Waals surface area contributed by atoms with Crippen molar-refractivity contribution in [3.63, 3.8) is 0 Å². The van der Waals surface area contributed by atoms with Gasteiger partial charge in [-0.2, -0.15) is 0 Å². The standard InChI is InChI=1S/C8H14O/c1-3-5-8(2)6-4-7-9/h4-6,9H,3,7H2,1-2H3/b6-4-,8-5-. The van der Waals surface area contributed by atoms with Gasteiger partial charge in [-0.15, -0.1) is 0 Å². The van der Waals surface area contributed by atoms with E-state index >= 15 is 0 Å². The fourth-order valence-electron chi connectivity index (χ4n) is 0.629. The van der Waals surface area contributed by atoms with E-state index in [1.807, 2.05) is 13.0 Å². The summed E-state index contributed by atoms with van der Waals surface area (Å²) in [5, 5.41) is 8.37. The van der Waals surface area contributed by atoms with Crippen LogP contribution in [-0.2, 0) is 0 Å². The fourth-order valence-corrected chi connectivity index (χ4v) is 0.629. The Bertz CT molecular complexity index is 112. The van der Waals surface area contributed by atoms with E-state index in [-0.39, 0.29) is 6.61 Å². The third-order valence-corrected chi connectivity index (χ3v) is 1.01. The SMILES string of the molecule is CC/C=C(C)\C=C/CO. The van der Waals surface area contributed by atoms with E-state index in [4.69, 9.17) is 5.11 Å². The first-order valence-corrected chi connectivity index (χ1v) is 3.25. The van der Waals surface area contributed by atoms with Crippen molar-refractivity contribution in [2.24, 2.45) is 0 Å². The molecule has 0 amide bonds. The molecule has 0 saturated heterocycles. The number of allylic oxidation sites excluding steroid dienone is 3. The quantitative estimate of drug-likeness (QED) is 0.572. The predicted molar refractivity (Wildman–Crippen MR) is 40.3 cm³/mol. The van der Waals surface area contributed by atoms with Gasteiger partial charge in [0.05, 0.1) is 6.61 Å². The third kappa shape index (κ3) is 5.31. The van der Waals surface area contributed by atoms with Gasteiger partial charge in [-0.1, -0.05) is 30.7 Å². The zero-order valence-electron chi connectivity index (χ0n) is 6.09. The van der Waals surface area contributed by atoms with Crippen LogP contribution in [0.3, 0.4) is 0 Å². The second kappa shape index (κ2) is 5.57. The molecule has 1 N–H and O–H groups in total. The van der Waals surface area contributed by atoms with Crippen molar-refractivity contribution in [3.8, 4) is 0 Å². The monoisotopic (exact) mass is 126 g/mol. The van der Waals surface area contributed by atoms with Crippen LogP contribution in [0.1, 0.15) is 20.3 Å². The topological polar surface area (TPSA) is 20.2 Å². The molecule has 0 unspecified atom stereocenters. The molecule has 9 heavy (non-hydrogen) atoms. The van der Waals surface area contributed by atoms with E-state index in [2.05, 4.69) is 13.0 Å². The maximum Gasteiger partial charge on any atom is 0.0615 e. The lowest BCUT2D eigenvalue weighted by Crippen LogP contribution is -1.72. The lowest BCUT2D eigenvalue weighted by molar-refractivity contribution is 0.342. The molecule has 0 atom stereocenters. The highest BCUT2D eigenvalue weighted by Gasteiger charge is 1.76. The molecule has 0 aromatic rings. The van der Waals surface area contributed by atoms with Crippen molar-refractivity contribution in [1.29, 1.82) is 0 Å². The van der Waals surface area contributed by atoms with Crippen LogP contribution in [0.25, 0.3) is 0 Å². The van der Waals surface area contributed by atoms with Crippen LogP contribution in [0.15, 0.2) is 23.8 Å². The lowest BCUT2D eigenvalue weighted by atomic mass is 10.2. The van der Waals surface area contributed by atoms with Gasteiger partial charge in [-0.25, -0.2) is 0 Å². The first-order chi connectivity index (χ1) is 4.31. The van der Waals surface area contributed by atoms with Gasteiger partial charge in [0, 0.05) is 0 Å². The van der Waals surface area contributed by atoms with Crippen molar-refractivity contribution in [2.45, 2.75) is 20.3 Å². The number of rotatable bonds is 3. The Labute approximate surface area is 56.7 Å². The van der Waals surface area contributed by atoms with Crippen molar-refractivity contribution in [1.82, 2.24) is 0 Å². The summed E-state index contributed by atoms with van der Waals surface area (Å²) in [4.78, 5) is 0. The highest BCUT2D eigenvalue weighted by Crippen LogP contribution is 1.95. The number of aliphatic hydroxyl groups excluding tert-OH is 1. The van der Waals surface area contributed by atoms with Crippen LogP contribution in [0.4, 0.5) is 0 Å². The Morgan fingerprint density at radius 2 is 2.22 bits per heavy atom. The van der Waals surface area contributed by atoms with Gasteiger partial charge in [0.2, 0.25) is 0 Å².